The van der Waals surface area contributed by atoms with Crippen molar-refractivity contribution in [2.24, 2.45) is 5.92 Å². The van der Waals surface area contributed by atoms with Crippen molar-refractivity contribution in [2.45, 2.75) is 42.1 Å². The molecule has 2 saturated carbocycles. The van der Waals surface area contributed by atoms with Crippen LogP contribution in [-0.4, -0.2) is 52.3 Å². The van der Waals surface area contributed by atoms with E-state index in [2.05, 4.69) is 20.9 Å². The number of aromatic nitrogens is 1. The summed E-state index contributed by atoms with van der Waals surface area (Å²) >= 11 is 3.49. The van der Waals surface area contributed by atoms with E-state index in [1.807, 2.05) is 54.6 Å². The highest BCUT2D eigenvalue weighted by Gasteiger charge is 2.78. The van der Waals surface area contributed by atoms with Crippen molar-refractivity contribution in [3.05, 3.63) is 88.2 Å². The Kier molecular flexibility index (Phi) is 5.41. The third kappa shape index (κ3) is 3.04. The number of fused-ring (bicyclic) bond motifs is 3. The van der Waals surface area contributed by atoms with Gasteiger partial charge in [0.2, 0.25) is 5.91 Å². The van der Waals surface area contributed by atoms with Crippen LogP contribution in [0.1, 0.15) is 35.4 Å². The van der Waals surface area contributed by atoms with Crippen molar-refractivity contribution in [3.8, 4) is 11.5 Å². The van der Waals surface area contributed by atoms with Gasteiger partial charge in [0.25, 0.3) is 0 Å². The molecule has 0 bridgehead atoms. The van der Waals surface area contributed by atoms with Gasteiger partial charge in [-0.05, 0) is 36.1 Å². The number of rotatable bonds is 5. The lowest BCUT2D eigenvalue weighted by atomic mass is 9.70. The van der Waals surface area contributed by atoms with E-state index in [0.717, 1.165) is 22.9 Å². The summed E-state index contributed by atoms with van der Waals surface area (Å²) in [5.74, 6) is -1.26. The molecule has 1 aromatic heterocycles. The lowest BCUT2D eigenvalue weighted by Crippen LogP contribution is -2.52. The minimum Gasteiger partial charge on any atom is -0.495 e. The summed E-state index contributed by atoms with van der Waals surface area (Å²) in [7, 11) is 3.26. The largest absolute Gasteiger partial charge is 0.495 e. The molecule has 5 unspecified atom stereocenters. The van der Waals surface area contributed by atoms with E-state index >= 15 is 0 Å². The van der Waals surface area contributed by atoms with Gasteiger partial charge in [0, 0.05) is 23.5 Å². The number of aliphatic hydroxyl groups is 2. The second-order valence-corrected chi connectivity index (χ2v) is 10.8. The molecule has 2 N–H and O–H groups in total. The third-order valence-corrected chi connectivity index (χ3v) is 8.57. The van der Waals surface area contributed by atoms with Gasteiger partial charge in [-0.25, -0.2) is 0 Å². The number of carbonyl (C=O) groups is 1. The van der Waals surface area contributed by atoms with Gasteiger partial charge in [-0.1, -0.05) is 58.4 Å². The molecule has 8 heteroatoms. The van der Waals surface area contributed by atoms with Crippen LogP contribution in [0.5, 0.6) is 11.5 Å². The molecule has 2 fully saturated rings. The highest BCUT2D eigenvalue weighted by atomic mass is 79.9. The fourth-order valence-corrected chi connectivity index (χ4v) is 6.51. The number of benzene rings is 2. The first-order valence-electron chi connectivity index (χ1n) is 12.0. The molecule has 7 nitrogen and oxygen atoms in total. The average Bonchev–Trinajstić information content (AvgIpc) is 3.68. The highest BCUT2D eigenvalue weighted by molar-refractivity contribution is 9.10. The molecule has 36 heavy (non-hydrogen) atoms. The normalized spacial score (nSPS) is 30.3. The number of ether oxygens (including phenoxy) is 2. The van der Waals surface area contributed by atoms with Crippen LogP contribution in [0.3, 0.4) is 0 Å². The average molecular weight is 551 g/mol. The van der Waals surface area contributed by atoms with Gasteiger partial charge in [0.15, 0.2) is 11.2 Å². The molecule has 0 spiro atoms. The fraction of sp³-hybridized carbons (Fsp3) is 0.357. The Balaban J connectivity index is 1.67. The first-order valence-corrected chi connectivity index (χ1v) is 12.8. The van der Waals surface area contributed by atoms with Crippen LogP contribution in [0.15, 0.2) is 71.5 Å². The van der Waals surface area contributed by atoms with Gasteiger partial charge in [-0.3, -0.25) is 9.78 Å². The van der Waals surface area contributed by atoms with Crippen LogP contribution in [-0.2, 0) is 16.0 Å². The topological polar surface area (TPSA) is 92.1 Å². The zero-order valence-corrected chi connectivity index (χ0v) is 21.6. The molecule has 1 aliphatic heterocycles. The van der Waals surface area contributed by atoms with E-state index in [0.29, 0.717) is 22.6 Å². The SMILES string of the molecule is COc1cncc2c1C1(O)C(O)C(C(=O)N(C)C3CC3)C(c3ccccc3)C1(c1ccc(Br)cc1)O2. The molecular formula is C28H27BrN2O5. The summed E-state index contributed by atoms with van der Waals surface area (Å²) in [5.41, 5.74) is -1.77. The highest BCUT2D eigenvalue weighted by Crippen LogP contribution is 2.69. The third-order valence-electron chi connectivity index (χ3n) is 8.04. The van der Waals surface area contributed by atoms with Crippen molar-refractivity contribution >= 4 is 21.8 Å². The standard InChI is InChI=1S/C28H27BrN2O5/c1-31(19-12-13-19)26(33)22-23(16-6-4-3-5-7-16)28(17-8-10-18(29)11-9-17)27(34,25(22)32)24-20(35-2)14-30-15-21(24)36-28/h3-11,14-15,19,22-23,25,32,34H,12-13H2,1-2H3. The summed E-state index contributed by atoms with van der Waals surface area (Å²) in [5, 5.41) is 24.8. The predicted molar refractivity (Wildman–Crippen MR) is 136 cm³/mol. The summed E-state index contributed by atoms with van der Waals surface area (Å²) in [4.78, 5) is 20.0. The van der Waals surface area contributed by atoms with E-state index in [9.17, 15) is 15.0 Å². The molecule has 2 heterocycles. The maximum atomic E-state index is 14.0. The number of amides is 1. The second-order valence-electron chi connectivity index (χ2n) is 9.87. The quantitative estimate of drug-likeness (QED) is 0.503. The van der Waals surface area contributed by atoms with Crippen molar-refractivity contribution in [1.29, 1.82) is 0 Å². The molecule has 6 rings (SSSR count). The first-order chi connectivity index (χ1) is 17.3. The second kappa shape index (κ2) is 8.30. The summed E-state index contributed by atoms with van der Waals surface area (Å²) in [6, 6.07) is 17.1. The maximum Gasteiger partial charge on any atom is 0.229 e. The number of carbonyl (C=O) groups excluding carboxylic acids is 1. The van der Waals surface area contributed by atoms with Crippen molar-refractivity contribution in [2.75, 3.05) is 14.2 Å². The number of nitrogens with zero attached hydrogens (tertiary/aromatic N) is 2. The smallest absolute Gasteiger partial charge is 0.229 e. The molecule has 3 aliphatic rings. The van der Waals surface area contributed by atoms with Crippen molar-refractivity contribution < 1.29 is 24.5 Å². The Labute approximate surface area is 217 Å². The van der Waals surface area contributed by atoms with Crippen LogP contribution in [0.2, 0.25) is 0 Å². The molecule has 186 valence electrons. The maximum absolute atomic E-state index is 14.0. The Morgan fingerprint density at radius 1 is 1.14 bits per heavy atom. The number of methoxy groups -OCH3 is 1. The Morgan fingerprint density at radius 2 is 1.83 bits per heavy atom. The van der Waals surface area contributed by atoms with Crippen LogP contribution in [0.25, 0.3) is 0 Å². The van der Waals surface area contributed by atoms with Crippen LogP contribution in [0.4, 0.5) is 0 Å². The van der Waals surface area contributed by atoms with Gasteiger partial charge in [-0.15, -0.1) is 0 Å². The van der Waals surface area contributed by atoms with Crippen molar-refractivity contribution in [3.63, 3.8) is 0 Å². The number of hydrogen-bond acceptors (Lipinski definition) is 6. The zero-order chi connectivity index (χ0) is 25.2. The zero-order valence-electron chi connectivity index (χ0n) is 20.0. The minimum absolute atomic E-state index is 0.145. The van der Waals surface area contributed by atoms with Crippen LogP contribution >= 0.6 is 15.9 Å². The lowest BCUT2D eigenvalue weighted by molar-refractivity contribution is -0.156. The lowest BCUT2D eigenvalue weighted by Gasteiger charge is -2.41. The number of hydrogen-bond donors (Lipinski definition) is 2. The van der Waals surface area contributed by atoms with E-state index in [1.165, 1.54) is 19.5 Å². The summed E-state index contributed by atoms with van der Waals surface area (Å²) < 4.78 is 13.2. The number of halogens is 1. The molecular weight excluding hydrogens is 524 g/mol. The van der Waals surface area contributed by atoms with Gasteiger partial charge in [0.05, 0.1) is 31.0 Å². The number of aliphatic hydroxyl groups excluding tert-OH is 1. The van der Waals surface area contributed by atoms with Crippen LogP contribution < -0.4 is 9.47 Å². The molecule has 0 radical (unpaired) electrons. The Hall–Kier alpha value is -2.94. The molecule has 3 aromatic rings. The first kappa shape index (κ1) is 23.5. The van der Waals surface area contributed by atoms with E-state index in [1.54, 1.807) is 11.9 Å². The Bertz CT molecular complexity index is 1320. The van der Waals surface area contributed by atoms with Gasteiger partial charge >= 0.3 is 0 Å². The van der Waals surface area contributed by atoms with Gasteiger partial charge in [-0.2, -0.15) is 0 Å². The predicted octanol–water partition coefficient (Wildman–Crippen LogP) is 3.72. The molecule has 0 saturated heterocycles. The number of pyridine rings is 1. The minimum atomic E-state index is -1.99. The monoisotopic (exact) mass is 550 g/mol. The van der Waals surface area contributed by atoms with Gasteiger partial charge < -0.3 is 24.6 Å². The van der Waals surface area contributed by atoms with E-state index in [4.69, 9.17) is 9.47 Å². The molecule has 1 amide bonds. The fourth-order valence-electron chi connectivity index (χ4n) is 6.24. The van der Waals surface area contributed by atoms with Gasteiger partial charge in [0.1, 0.15) is 17.6 Å². The van der Waals surface area contributed by atoms with Crippen LogP contribution in [0, 0.1) is 5.92 Å². The summed E-state index contributed by atoms with van der Waals surface area (Å²) in [6.07, 6.45) is 3.41. The Morgan fingerprint density at radius 3 is 2.47 bits per heavy atom. The molecule has 2 aliphatic carbocycles. The molecule has 2 aromatic carbocycles. The van der Waals surface area contributed by atoms with E-state index in [-0.39, 0.29) is 11.9 Å². The van der Waals surface area contributed by atoms with Crippen molar-refractivity contribution in [1.82, 2.24) is 9.88 Å². The molecule has 5 atom stereocenters. The van der Waals surface area contributed by atoms with E-state index < -0.39 is 29.1 Å². The summed E-state index contributed by atoms with van der Waals surface area (Å²) in [6.45, 7) is 0.